The van der Waals surface area contributed by atoms with E-state index in [1.807, 2.05) is 0 Å². The van der Waals surface area contributed by atoms with Crippen molar-refractivity contribution in [3.63, 3.8) is 0 Å². The van der Waals surface area contributed by atoms with E-state index in [9.17, 15) is 34.9 Å². The van der Waals surface area contributed by atoms with Crippen LogP contribution in [0.15, 0.2) is 24.3 Å². The number of methoxy groups -OCH3 is 3. The van der Waals surface area contributed by atoms with Crippen molar-refractivity contribution in [1.82, 2.24) is 0 Å². The van der Waals surface area contributed by atoms with Crippen LogP contribution < -0.4 is 43.8 Å². The Morgan fingerprint density at radius 1 is 0.758 bits per heavy atom. The van der Waals surface area contributed by atoms with Crippen LogP contribution in [0.5, 0.6) is 23.0 Å². The summed E-state index contributed by atoms with van der Waals surface area (Å²) in [7, 11) is 3.83. The van der Waals surface area contributed by atoms with E-state index in [4.69, 9.17) is 19.7 Å². The van der Waals surface area contributed by atoms with E-state index in [2.05, 4.69) is 4.74 Å². The molecule has 0 saturated carbocycles. The molecule has 0 heterocycles. The Morgan fingerprint density at radius 3 is 1.42 bits per heavy atom. The van der Waals surface area contributed by atoms with E-state index >= 15 is 0 Å². The van der Waals surface area contributed by atoms with Gasteiger partial charge in [0.15, 0.2) is 23.0 Å². The fraction of sp³-hybridized carbons (Fsp3) is 0.176. The summed E-state index contributed by atoms with van der Waals surface area (Å²) in [6.45, 7) is 0. The van der Waals surface area contributed by atoms with Gasteiger partial charge in [-0.05, 0) is 0 Å². The number of hydrogen-bond donors (Lipinski definition) is 3. The fourth-order valence-corrected chi connectivity index (χ4v) is 2.23. The van der Waals surface area contributed by atoms with Crippen LogP contribution in [0.4, 0.5) is 11.4 Å². The van der Waals surface area contributed by atoms with Crippen molar-refractivity contribution in [3.8, 4) is 23.0 Å². The van der Waals surface area contributed by atoms with Crippen molar-refractivity contribution in [3.05, 3.63) is 55.6 Å². The number of rotatable bonds is 7. The van der Waals surface area contributed by atoms with Gasteiger partial charge in [-0.15, -0.1) is 0 Å². The number of benzene rings is 2. The molecule has 0 bridgehead atoms. The van der Waals surface area contributed by atoms with E-state index in [1.165, 1.54) is 21.3 Å². The molecule has 0 saturated heterocycles. The maximum absolute atomic E-state index is 10.8. The van der Waals surface area contributed by atoms with Gasteiger partial charge in [0, 0.05) is 12.1 Å². The second-order valence-corrected chi connectivity index (χ2v) is 5.39. The molecule has 0 aliphatic carbocycles. The first-order valence-corrected chi connectivity index (χ1v) is 7.90. The summed E-state index contributed by atoms with van der Waals surface area (Å²) in [6, 6.07) is 3.71. The molecule has 33 heavy (non-hydrogen) atoms. The normalized spacial score (nSPS) is 9.06. The van der Waals surface area contributed by atoms with E-state index < -0.39 is 50.0 Å². The number of nitro benzene ring substituents is 2. The Hall–Kier alpha value is -3.66. The molecule has 174 valence electrons. The summed E-state index contributed by atoms with van der Waals surface area (Å²) in [5.74, 6) is -3.25. The SMILES string of the molecule is COc1cc(C(=O)O)c([N+](=O)[O-])cc1OC.COc1cc([N+](=O)[O-])c(C(=O)O)cc1O.[Na+].[OH-]. The molecule has 0 spiro atoms. The van der Waals surface area contributed by atoms with Crippen LogP contribution >= 0.6 is 0 Å². The number of aromatic hydroxyl groups is 1. The number of hydrogen-bond acceptors (Lipinski definition) is 11. The second-order valence-electron chi connectivity index (χ2n) is 5.39. The van der Waals surface area contributed by atoms with Crippen molar-refractivity contribution in [2.24, 2.45) is 0 Å². The minimum atomic E-state index is -1.49. The Morgan fingerprint density at radius 2 is 1.09 bits per heavy atom. The largest absolute Gasteiger partial charge is 1.00 e. The number of nitro groups is 2. The minimum absolute atomic E-state index is 0. The topological polar surface area (TPSA) is 239 Å². The van der Waals surface area contributed by atoms with Gasteiger partial charge >= 0.3 is 41.5 Å². The average molecular weight is 480 g/mol. The second kappa shape index (κ2) is 13.7. The molecule has 0 fully saturated rings. The van der Waals surface area contributed by atoms with Crippen LogP contribution in [0.3, 0.4) is 0 Å². The standard InChI is InChI=1S/C9H9NO6.C8H7NO6.Na.H2O/c1-15-7-3-5(9(11)12)6(10(13)14)4-8(7)16-2;1-15-7-3-5(9(13)14)4(8(11)12)2-6(7)10;;/h3-4H,1-2H3,(H,11,12);2-3,10H,1H3,(H,11,12);;1H2/q;;+1;/p-1. The molecule has 0 amide bonds. The molecular formula is C17H17N2NaO13. The molecule has 2 aromatic rings. The Bertz CT molecular complexity index is 1000. The molecule has 4 N–H and O–H groups in total. The van der Waals surface area contributed by atoms with Crippen molar-refractivity contribution < 1.29 is 84.0 Å². The average Bonchev–Trinajstić information content (AvgIpc) is 2.72. The minimum Gasteiger partial charge on any atom is -0.870 e. The van der Waals surface area contributed by atoms with Gasteiger partial charge in [-0.2, -0.15) is 0 Å². The quantitative estimate of drug-likeness (QED) is 0.249. The van der Waals surface area contributed by atoms with E-state index in [-0.39, 0.29) is 52.3 Å². The smallest absolute Gasteiger partial charge is 0.870 e. The number of aromatic carboxylic acids is 2. The van der Waals surface area contributed by atoms with E-state index in [0.29, 0.717) is 0 Å². The summed E-state index contributed by atoms with van der Waals surface area (Å²) in [5.41, 5.74) is -2.19. The van der Waals surface area contributed by atoms with E-state index in [1.54, 1.807) is 0 Å². The summed E-state index contributed by atoms with van der Waals surface area (Å²) in [4.78, 5) is 40.9. The van der Waals surface area contributed by atoms with Gasteiger partial charge in [-0.3, -0.25) is 20.2 Å². The van der Waals surface area contributed by atoms with E-state index in [0.717, 1.165) is 24.3 Å². The van der Waals surface area contributed by atoms with Gasteiger partial charge in [-0.1, -0.05) is 0 Å². The molecule has 2 rings (SSSR count). The number of phenolic OH excluding ortho intramolecular Hbond substituents is 1. The molecule has 0 aromatic heterocycles. The predicted octanol–water partition coefficient (Wildman–Crippen LogP) is -0.855. The number of carbonyl (C=O) groups is 2. The zero-order valence-electron chi connectivity index (χ0n) is 17.7. The zero-order chi connectivity index (χ0) is 23.9. The monoisotopic (exact) mass is 480 g/mol. The molecular weight excluding hydrogens is 463 g/mol. The number of carboxylic acids is 2. The number of phenols is 1. The number of nitrogens with zero attached hydrogens (tertiary/aromatic N) is 2. The Kier molecular flexibility index (Phi) is 13.1. The fourth-order valence-electron chi connectivity index (χ4n) is 2.23. The van der Waals surface area contributed by atoms with Gasteiger partial charge in [0.25, 0.3) is 11.4 Å². The molecule has 2 aromatic carbocycles. The van der Waals surface area contributed by atoms with Crippen molar-refractivity contribution in [1.29, 1.82) is 0 Å². The van der Waals surface area contributed by atoms with Gasteiger partial charge in [0.05, 0.1) is 43.3 Å². The number of ether oxygens (including phenoxy) is 3. The zero-order valence-corrected chi connectivity index (χ0v) is 19.7. The Labute approximate surface area is 207 Å². The molecule has 0 aliphatic heterocycles. The van der Waals surface area contributed by atoms with Gasteiger partial charge in [-0.25, -0.2) is 9.59 Å². The number of carboxylic acid groups (broad SMARTS) is 2. The third kappa shape index (κ3) is 7.76. The van der Waals surface area contributed by atoms with Crippen molar-refractivity contribution in [2.45, 2.75) is 0 Å². The summed E-state index contributed by atoms with van der Waals surface area (Å²) in [5, 5.41) is 47.8. The maximum atomic E-state index is 10.8. The first-order chi connectivity index (χ1) is 14.5. The predicted molar refractivity (Wildman–Crippen MR) is 103 cm³/mol. The van der Waals surface area contributed by atoms with Crippen LogP contribution in [0, 0.1) is 20.2 Å². The van der Waals surface area contributed by atoms with Crippen LogP contribution in [-0.4, -0.2) is 63.9 Å². The third-order valence-corrected chi connectivity index (χ3v) is 3.65. The van der Waals surface area contributed by atoms with Crippen LogP contribution in [0.1, 0.15) is 20.7 Å². The van der Waals surface area contributed by atoms with Crippen molar-refractivity contribution in [2.75, 3.05) is 21.3 Å². The van der Waals surface area contributed by atoms with Gasteiger partial charge in [0.1, 0.15) is 11.1 Å². The first-order valence-electron chi connectivity index (χ1n) is 7.90. The first kappa shape index (κ1) is 31.5. The van der Waals surface area contributed by atoms with Gasteiger partial charge in [0.2, 0.25) is 0 Å². The molecule has 0 atom stereocenters. The molecule has 0 aliphatic rings. The summed E-state index contributed by atoms with van der Waals surface area (Å²) >= 11 is 0. The third-order valence-electron chi connectivity index (χ3n) is 3.65. The molecule has 15 nitrogen and oxygen atoms in total. The maximum Gasteiger partial charge on any atom is 1.00 e. The summed E-state index contributed by atoms with van der Waals surface area (Å²) in [6.07, 6.45) is 0. The Balaban J connectivity index is 0. The van der Waals surface area contributed by atoms with Gasteiger partial charge < -0.3 is 35.0 Å². The van der Waals surface area contributed by atoms with Crippen LogP contribution in [0.25, 0.3) is 0 Å². The molecule has 0 unspecified atom stereocenters. The molecule has 16 heteroatoms. The van der Waals surface area contributed by atoms with Crippen LogP contribution in [-0.2, 0) is 0 Å². The van der Waals surface area contributed by atoms with Crippen LogP contribution in [0.2, 0.25) is 0 Å². The van der Waals surface area contributed by atoms with Crippen molar-refractivity contribution >= 4 is 23.3 Å². The molecule has 0 radical (unpaired) electrons. The summed E-state index contributed by atoms with van der Waals surface area (Å²) < 4.78 is 14.3.